The summed E-state index contributed by atoms with van der Waals surface area (Å²) in [6.45, 7) is 2.93. The van der Waals surface area contributed by atoms with E-state index in [1.54, 1.807) is 12.4 Å². The Labute approximate surface area is 135 Å². The summed E-state index contributed by atoms with van der Waals surface area (Å²) < 4.78 is 1.92. The minimum absolute atomic E-state index is 0.0916. The molecule has 0 spiro atoms. The van der Waals surface area contributed by atoms with Crippen LogP contribution in [0.5, 0.6) is 0 Å². The van der Waals surface area contributed by atoms with Gasteiger partial charge in [-0.3, -0.25) is 4.98 Å². The third-order valence-corrected chi connectivity index (χ3v) is 4.04. The lowest BCUT2D eigenvalue weighted by Gasteiger charge is -2.19. The molecule has 0 saturated heterocycles. The molecule has 0 fully saturated rings. The molecule has 0 saturated carbocycles. The number of hydrogen-bond donors (Lipinski definition) is 2. The van der Waals surface area contributed by atoms with Gasteiger partial charge in [0.2, 0.25) is 0 Å². The monoisotopic (exact) mass is 398 g/mol. The number of nitrogens with one attached hydrogen (secondary N) is 1. The highest BCUT2D eigenvalue weighted by Gasteiger charge is 2.17. The lowest BCUT2D eigenvalue weighted by atomic mass is 10.0. The summed E-state index contributed by atoms with van der Waals surface area (Å²) in [5.74, 6) is 0.573. The van der Waals surface area contributed by atoms with Gasteiger partial charge >= 0.3 is 0 Å². The Morgan fingerprint density at radius 2 is 2.15 bits per heavy atom. The second kappa shape index (κ2) is 7.15. The van der Waals surface area contributed by atoms with Crippen LogP contribution < -0.4 is 11.1 Å². The van der Waals surface area contributed by atoms with Crippen molar-refractivity contribution < 1.29 is 0 Å². The van der Waals surface area contributed by atoms with E-state index < -0.39 is 0 Å². The molecule has 4 nitrogen and oxygen atoms in total. The van der Waals surface area contributed by atoms with Crippen molar-refractivity contribution in [2.24, 2.45) is 0 Å². The maximum Gasteiger partial charge on any atom is 0.126 e. The van der Waals surface area contributed by atoms with Gasteiger partial charge in [-0.15, -0.1) is 0 Å². The summed E-state index contributed by atoms with van der Waals surface area (Å²) in [5, 5.41) is 3.44. The van der Waals surface area contributed by atoms with E-state index in [2.05, 4.69) is 54.1 Å². The number of aromatic nitrogens is 2. The molecule has 3 N–H and O–H groups in total. The van der Waals surface area contributed by atoms with Gasteiger partial charge in [0.1, 0.15) is 5.82 Å². The molecule has 1 atom stereocenters. The summed E-state index contributed by atoms with van der Waals surface area (Å²) >= 11 is 6.99. The van der Waals surface area contributed by atoms with Crippen molar-refractivity contribution in [3.8, 4) is 0 Å². The average Bonchev–Trinajstić information content (AvgIpc) is 2.41. The van der Waals surface area contributed by atoms with Gasteiger partial charge in [0.25, 0.3) is 0 Å². The molecule has 20 heavy (non-hydrogen) atoms. The molecule has 6 heteroatoms. The normalized spacial score (nSPS) is 12.3. The summed E-state index contributed by atoms with van der Waals surface area (Å²) in [6, 6.07) is 5.99. The van der Waals surface area contributed by atoms with E-state index in [0.717, 1.165) is 33.2 Å². The predicted molar refractivity (Wildman–Crippen MR) is 88.4 cm³/mol. The number of hydrogen-bond acceptors (Lipinski definition) is 4. The zero-order chi connectivity index (χ0) is 14.5. The van der Waals surface area contributed by atoms with Crippen LogP contribution in [0.2, 0.25) is 0 Å². The van der Waals surface area contributed by atoms with Crippen molar-refractivity contribution in [3.63, 3.8) is 0 Å². The Bertz CT molecular complexity index is 589. The summed E-state index contributed by atoms with van der Waals surface area (Å²) in [6.07, 6.45) is 4.26. The Balaban J connectivity index is 2.29. The summed E-state index contributed by atoms with van der Waals surface area (Å²) in [4.78, 5) is 8.64. The third kappa shape index (κ3) is 3.77. The maximum absolute atomic E-state index is 5.93. The van der Waals surface area contributed by atoms with Gasteiger partial charge in [-0.25, -0.2) is 4.98 Å². The molecule has 0 bridgehead atoms. The average molecular weight is 400 g/mol. The van der Waals surface area contributed by atoms with Crippen molar-refractivity contribution >= 4 is 37.7 Å². The molecular formula is C14H16Br2N4. The quantitative estimate of drug-likeness (QED) is 0.807. The molecule has 106 valence electrons. The zero-order valence-corrected chi connectivity index (χ0v) is 14.3. The standard InChI is InChI=1S/C14H16Br2N4/c1-2-18-12(6-9-4-3-5-19-14(9)17)13-11(16)7-10(15)8-20-13/h3-5,7-8,12,18H,2,6H2,1H3,(H2,17,19). The molecule has 2 aromatic rings. The first-order valence-electron chi connectivity index (χ1n) is 6.35. The van der Waals surface area contributed by atoms with Gasteiger partial charge in [-0.2, -0.15) is 0 Å². The smallest absolute Gasteiger partial charge is 0.126 e. The molecular weight excluding hydrogens is 384 g/mol. The summed E-state index contributed by atoms with van der Waals surface area (Å²) in [7, 11) is 0. The van der Waals surface area contributed by atoms with Crippen molar-refractivity contribution in [3.05, 3.63) is 50.8 Å². The van der Waals surface area contributed by atoms with Crippen LogP contribution >= 0.6 is 31.9 Å². The first kappa shape index (κ1) is 15.4. The minimum atomic E-state index is 0.0916. The first-order valence-corrected chi connectivity index (χ1v) is 7.94. The molecule has 2 heterocycles. The van der Waals surface area contributed by atoms with Crippen molar-refractivity contribution in [2.45, 2.75) is 19.4 Å². The molecule has 2 rings (SSSR count). The lowest BCUT2D eigenvalue weighted by Crippen LogP contribution is -2.24. The Kier molecular flexibility index (Phi) is 5.51. The van der Waals surface area contributed by atoms with Gasteiger partial charge in [0, 0.05) is 21.3 Å². The number of rotatable bonds is 5. The molecule has 0 aromatic carbocycles. The fourth-order valence-corrected chi connectivity index (χ4v) is 3.30. The topological polar surface area (TPSA) is 63.8 Å². The second-order valence-electron chi connectivity index (χ2n) is 4.38. The zero-order valence-electron chi connectivity index (χ0n) is 11.1. The number of likely N-dealkylation sites (N-methyl/N-ethyl adjacent to an activating group) is 1. The largest absolute Gasteiger partial charge is 0.383 e. The number of nitrogens with two attached hydrogens (primary N) is 1. The van der Waals surface area contributed by atoms with E-state index in [9.17, 15) is 0 Å². The minimum Gasteiger partial charge on any atom is -0.383 e. The molecule has 0 aliphatic rings. The predicted octanol–water partition coefficient (Wildman–Crippen LogP) is 3.48. The third-order valence-electron chi connectivity index (χ3n) is 2.97. The van der Waals surface area contributed by atoms with Gasteiger partial charge in [-0.05, 0) is 62.5 Å². The highest BCUT2D eigenvalue weighted by molar-refractivity contribution is 9.11. The number of anilines is 1. The van der Waals surface area contributed by atoms with Crippen LogP contribution in [0.25, 0.3) is 0 Å². The highest BCUT2D eigenvalue weighted by Crippen LogP contribution is 2.27. The second-order valence-corrected chi connectivity index (χ2v) is 6.15. The summed E-state index contributed by atoms with van der Waals surface area (Å²) in [5.41, 5.74) is 7.92. The Morgan fingerprint density at radius 3 is 2.80 bits per heavy atom. The van der Waals surface area contributed by atoms with E-state index in [4.69, 9.17) is 5.73 Å². The van der Waals surface area contributed by atoms with Crippen molar-refractivity contribution in [2.75, 3.05) is 12.3 Å². The molecule has 1 unspecified atom stereocenters. The lowest BCUT2D eigenvalue weighted by molar-refractivity contribution is 0.534. The van der Waals surface area contributed by atoms with Gasteiger partial charge < -0.3 is 11.1 Å². The van der Waals surface area contributed by atoms with Crippen LogP contribution in [0, 0.1) is 0 Å². The number of pyridine rings is 2. The molecule has 0 aliphatic carbocycles. The number of halogens is 2. The van der Waals surface area contributed by atoms with Gasteiger partial charge in [0.15, 0.2) is 0 Å². The molecule has 0 amide bonds. The van der Waals surface area contributed by atoms with Gasteiger partial charge in [-0.1, -0.05) is 13.0 Å². The Morgan fingerprint density at radius 1 is 1.35 bits per heavy atom. The van der Waals surface area contributed by atoms with Crippen molar-refractivity contribution in [1.29, 1.82) is 0 Å². The van der Waals surface area contributed by atoms with Crippen LogP contribution in [0.3, 0.4) is 0 Å². The van der Waals surface area contributed by atoms with Crippen molar-refractivity contribution in [1.82, 2.24) is 15.3 Å². The van der Waals surface area contributed by atoms with E-state index in [0.29, 0.717) is 5.82 Å². The van der Waals surface area contributed by atoms with E-state index >= 15 is 0 Å². The van der Waals surface area contributed by atoms with Crippen LogP contribution in [0.4, 0.5) is 5.82 Å². The Hall–Kier alpha value is -0.980. The van der Waals surface area contributed by atoms with Gasteiger partial charge in [0.05, 0.1) is 11.7 Å². The van der Waals surface area contributed by atoms with Crippen LogP contribution in [0.1, 0.15) is 24.2 Å². The highest BCUT2D eigenvalue weighted by atomic mass is 79.9. The van der Waals surface area contributed by atoms with Crippen LogP contribution in [0.15, 0.2) is 39.5 Å². The van der Waals surface area contributed by atoms with E-state index in [-0.39, 0.29) is 6.04 Å². The first-order chi connectivity index (χ1) is 9.61. The van der Waals surface area contributed by atoms with Crippen LogP contribution in [-0.4, -0.2) is 16.5 Å². The SMILES string of the molecule is CCNC(Cc1cccnc1N)c1ncc(Br)cc1Br. The number of nitrogens with zero attached hydrogens (tertiary/aromatic N) is 2. The fourth-order valence-electron chi connectivity index (χ4n) is 2.04. The fraction of sp³-hybridized carbons (Fsp3) is 0.286. The molecule has 2 aromatic heterocycles. The molecule has 0 aliphatic heterocycles. The molecule has 0 radical (unpaired) electrons. The van der Waals surface area contributed by atoms with Crippen LogP contribution in [-0.2, 0) is 6.42 Å². The van der Waals surface area contributed by atoms with E-state index in [1.165, 1.54) is 0 Å². The number of nitrogen functional groups attached to an aromatic ring is 1. The van der Waals surface area contributed by atoms with E-state index in [1.807, 2.05) is 18.2 Å². The maximum atomic E-state index is 5.93.